The van der Waals surface area contributed by atoms with E-state index < -0.39 is 199 Å². The molecule has 3 saturated heterocycles. The standard InChI is InChI=1S/C66H106O23/c1-14-16-27-81-57(80)50-48(85-58-45(73)43(71)38(30-68)83-58)47(75)49(86-59-46(74)44(72)42(70)37(29-67)82-59)60(87-50)84-41-24-25-63(11)39(62(41,9)10)23-26-64(12)40(63)22-21-35-36-28-61(7,8)53(88-56(79)34(6)20-18-17-19-32(3)4)54(89-55(78)33(5)15-2)66(36,31-69)52(77)51(76)65(35,64)13/h19-21,33,36-54,58-60,67-77H,14-18,22-31H2,1-13H3/b34-20-/t33?,36-,37+,38-,39-,40+,41-,42+,43-,44-,45+,46+,47-,48-,49+,50-,51-,52+,53-,54-,58-,59-,60+,63-,64+,65-,66-/m0/s1. The van der Waals surface area contributed by atoms with Gasteiger partial charge in [-0.15, -0.1) is 0 Å². The van der Waals surface area contributed by atoms with Gasteiger partial charge in [0.15, 0.2) is 31.1 Å². The van der Waals surface area contributed by atoms with E-state index in [1.165, 1.54) is 0 Å². The highest BCUT2D eigenvalue weighted by molar-refractivity contribution is 5.88. The van der Waals surface area contributed by atoms with Gasteiger partial charge in [0.1, 0.15) is 67.1 Å². The fraction of sp³-hybridized carbons (Fsp3) is 0.864. The molecule has 7 fully saturated rings. The topological polar surface area (TPSA) is 357 Å². The first kappa shape index (κ1) is 71.8. The molecular weight excluding hydrogens is 1160 g/mol. The molecule has 11 N–H and O–H groups in total. The van der Waals surface area contributed by atoms with Crippen LogP contribution in [-0.2, 0) is 57.0 Å². The van der Waals surface area contributed by atoms with Crippen LogP contribution in [0.3, 0.4) is 0 Å². The number of allylic oxidation sites excluding steroid dienone is 4. The van der Waals surface area contributed by atoms with E-state index in [2.05, 4.69) is 39.8 Å². The van der Waals surface area contributed by atoms with Crippen molar-refractivity contribution in [3.05, 3.63) is 34.9 Å². The molecule has 1 unspecified atom stereocenters. The van der Waals surface area contributed by atoms with Crippen LogP contribution in [-0.4, -0.2) is 217 Å². The summed E-state index contributed by atoms with van der Waals surface area (Å²) in [7, 11) is 0. The SMILES string of the molecule is CCCCOC(=O)[C@H]1O[C@@H](O[C@H]2CC[C@]3(C)[C@H]4CC=C5[C@@H]6CC(C)(C)[C@@H](OC(=O)/C(C)=C\CCC=C(C)C)[C@H](OC(=O)C(C)CC)[C@]6(CO)[C@H](O)[C@H](O)[C@@]5(C)[C@]4(C)CC[C@H]3C2(C)C)[C@H](O[C@@H]2O[C@H](CO)[C@@H](O)[C@H](O)[C@H]2O)[C@@H](O)[C@@H]1O[C@@H]1O[C@@H](CO)[C@H](O)[C@H]1O. The number of unbranched alkanes of at least 4 members (excludes halogenated alkanes) is 2. The molecule has 0 radical (unpaired) electrons. The third-order valence-corrected chi connectivity index (χ3v) is 23.1. The maximum atomic E-state index is 14.2. The minimum absolute atomic E-state index is 0.0493. The third kappa shape index (κ3) is 12.7. The van der Waals surface area contributed by atoms with Gasteiger partial charge in [0.25, 0.3) is 0 Å². The summed E-state index contributed by atoms with van der Waals surface area (Å²) in [6, 6.07) is 0. The van der Waals surface area contributed by atoms with Crippen LogP contribution in [0.5, 0.6) is 0 Å². The minimum Gasteiger partial charge on any atom is -0.464 e. The van der Waals surface area contributed by atoms with Gasteiger partial charge in [-0.05, 0) is 119 Å². The predicted molar refractivity (Wildman–Crippen MR) is 318 cm³/mol. The van der Waals surface area contributed by atoms with E-state index in [0.29, 0.717) is 69.8 Å². The number of carbonyl (C=O) groups is 3. The number of esters is 3. The van der Waals surface area contributed by atoms with Crippen molar-refractivity contribution in [1.82, 2.24) is 0 Å². The second kappa shape index (κ2) is 27.7. The molecule has 23 heteroatoms. The van der Waals surface area contributed by atoms with Crippen molar-refractivity contribution < 1.29 is 113 Å². The second-order valence-corrected chi connectivity index (χ2v) is 29.3. The van der Waals surface area contributed by atoms with E-state index >= 15 is 0 Å². The highest BCUT2D eigenvalue weighted by Crippen LogP contribution is 2.76. The quantitative estimate of drug-likeness (QED) is 0.0196. The van der Waals surface area contributed by atoms with E-state index in [-0.39, 0.29) is 18.4 Å². The molecule has 0 aromatic rings. The maximum absolute atomic E-state index is 14.2. The predicted octanol–water partition coefficient (Wildman–Crippen LogP) is 3.33. The number of hydrogen-bond acceptors (Lipinski definition) is 23. The second-order valence-electron chi connectivity index (χ2n) is 29.3. The molecule has 0 amide bonds. The molecule has 5 aliphatic carbocycles. The molecule has 0 aromatic carbocycles. The Morgan fingerprint density at radius 3 is 1.89 bits per heavy atom. The summed E-state index contributed by atoms with van der Waals surface area (Å²) < 4.78 is 55.9. The number of fused-ring (bicyclic) bond motifs is 7. The summed E-state index contributed by atoms with van der Waals surface area (Å²) in [5, 5.41) is 125. The summed E-state index contributed by atoms with van der Waals surface area (Å²) in [6.45, 7) is 23.4. The van der Waals surface area contributed by atoms with Gasteiger partial charge in [-0.25, -0.2) is 9.59 Å². The molecule has 3 heterocycles. The number of carbonyl (C=O) groups excluding carboxylic acids is 3. The zero-order valence-electron chi connectivity index (χ0n) is 54.4. The van der Waals surface area contributed by atoms with Gasteiger partial charge in [0, 0.05) is 16.4 Å². The molecule has 0 spiro atoms. The molecule has 89 heavy (non-hydrogen) atoms. The normalized spacial score (nSPS) is 45.3. The molecule has 4 saturated carbocycles. The first-order valence-electron chi connectivity index (χ1n) is 32.5. The number of aliphatic hydroxyl groups excluding tert-OH is 11. The Kier molecular flexibility index (Phi) is 22.4. The van der Waals surface area contributed by atoms with Gasteiger partial charge in [0.05, 0.1) is 56.1 Å². The summed E-state index contributed by atoms with van der Waals surface area (Å²) in [4.78, 5) is 42.5. The first-order valence-corrected chi connectivity index (χ1v) is 32.5. The Labute approximate surface area is 524 Å². The highest BCUT2D eigenvalue weighted by Gasteiger charge is 2.76. The van der Waals surface area contributed by atoms with E-state index in [1.807, 2.05) is 54.5 Å². The first-order chi connectivity index (χ1) is 41.7. The summed E-state index contributed by atoms with van der Waals surface area (Å²) >= 11 is 0. The van der Waals surface area contributed by atoms with Gasteiger partial charge in [-0.2, -0.15) is 0 Å². The Bertz CT molecular complexity index is 2570. The monoisotopic (exact) mass is 1270 g/mol. The number of rotatable bonds is 21. The van der Waals surface area contributed by atoms with Crippen LogP contribution in [0.1, 0.15) is 161 Å². The lowest BCUT2D eigenvalue weighted by Crippen LogP contribution is -2.76. The lowest BCUT2D eigenvalue weighted by atomic mass is 9.32. The van der Waals surface area contributed by atoms with E-state index in [9.17, 15) is 70.6 Å². The molecule has 27 atom stereocenters. The van der Waals surface area contributed by atoms with Gasteiger partial charge < -0.3 is 98.8 Å². The molecule has 23 nitrogen and oxygen atoms in total. The number of aliphatic hydroxyl groups is 11. The van der Waals surface area contributed by atoms with Crippen molar-refractivity contribution in [2.24, 2.45) is 56.2 Å². The smallest absolute Gasteiger partial charge is 0.338 e. The van der Waals surface area contributed by atoms with Gasteiger partial charge in [-0.1, -0.05) is 105 Å². The maximum Gasteiger partial charge on any atom is 0.338 e. The number of ether oxygens (including phenoxy) is 9. The average Bonchev–Trinajstić information content (AvgIpc) is 0.942. The molecule has 0 aromatic heterocycles. The largest absolute Gasteiger partial charge is 0.464 e. The zero-order valence-corrected chi connectivity index (χ0v) is 54.4. The Morgan fingerprint density at radius 2 is 1.29 bits per heavy atom. The minimum atomic E-state index is -1.99. The van der Waals surface area contributed by atoms with Gasteiger partial charge in [-0.3, -0.25) is 4.79 Å². The Balaban J connectivity index is 1.13. The molecule has 508 valence electrons. The van der Waals surface area contributed by atoms with Crippen LogP contribution in [0.2, 0.25) is 0 Å². The van der Waals surface area contributed by atoms with Crippen molar-refractivity contribution >= 4 is 17.9 Å². The van der Waals surface area contributed by atoms with Gasteiger partial charge in [0.2, 0.25) is 0 Å². The third-order valence-electron chi connectivity index (χ3n) is 23.1. The van der Waals surface area contributed by atoms with Crippen molar-refractivity contribution in [2.75, 3.05) is 26.4 Å². The lowest BCUT2D eigenvalue weighted by molar-refractivity contribution is -0.383. The highest BCUT2D eigenvalue weighted by atomic mass is 16.8. The molecule has 8 rings (SSSR count). The van der Waals surface area contributed by atoms with E-state index in [0.717, 1.165) is 17.6 Å². The van der Waals surface area contributed by atoms with Crippen LogP contribution in [0.25, 0.3) is 0 Å². The van der Waals surface area contributed by atoms with Crippen LogP contribution >= 0.6 is 0 Å². The summed E-state index contributed by atoms with van der Waals surface area (Å²) in [6.07, 6.45) is -19.0. The molecule has 3 aliphatic heterocycles. The lowest BCUT2D eigenvalue weighted by Gasteiger charge is -2.73. The average molecular weight is 1270 g/mol. The number of hydrogen-bond donors (Lipinski definition) is 11. The fourth-order valence-corrected chi connectivity index (χ4v) is 17.3. The summed E-state index contributed by atoms with van der Waals surface area (Å²) in [5.41, 5.74) is -3.30. The Hall–Kier alpha value is -3.05. The van der Waals surface area contributed by atoms with E-state index in [1.54, 1.807) is 13.8 Å². The van der Waals surface area contributed by atoms with Crippen molar-refractivity contribution in [2.45, 2.75) is 277 Å². The van der Waals surface area contributed by atoms with Crippen LogP contribution in [0.4, 0.5) is 0 Å². The molecule has 0 bridgehead atoms. The van der Waals surface area contributed by atoms with Crippen LogP contribution in [0.15, 0.2) is 34.9 Å². The van der Waals surface area contributed by atoms with Crippen molar-refractivity contribution in [3.63, 3.8) is 0 Å². The summed E-state index contributed by atoms with van der Waals surface area (Å²) in [5.74, 6) is -3.66. The van der Waals surface area contributed by atoms with E-state index in [4.69, 9.17) is 42.6 Å². The molecule has 8 aliphatic rings. The fourth-order valence-electron chi connectivity index (χ4n) is 17.3. The Morgan fingerprint density at radius 1 is 0.685 bits per heavy atom. The van der Waals surface area contributed by atoms with Crippen LogP contribution in [0, 0.1) is 56.2 Å². The van der Waals surface area contributed by atoms with Crippen molar-refractivity contribution in [1.29, 1.82) is 0 Å². The molecular formula is C66H106O23. The van der Waals surface area contributed by atoms with Gasteiger partial charge >= 0.3 is 17.9 Å². The van der Waals surface area contributed by atoms with Crippen molar-refractivity contribution in [3.8, 4) is 0 Å². The zero-order chi connectivity index (χ0) is 65.8. The van der Waals surface area contributed by atoms with Crippen LogP contribution < -0.4 is 0 Å².